The summed E-state index contributed by atoms with van der Waals surface area (Å²) in [6.07, 6.45) is 0. The smallest absolute Gasteiger partial charge is 0.258 e. The Morgan fingerprint density at radius 3 is 2.06 bits per heavy atom. The van der Waals surface area contributed by atoms with E-state index in [1.165, 1.54) is 5.43 Å². The minimum absolute atomic E-state index is 0.346. The van der Waals surface area contributed by atoms with Gasteiger partial charge in [-0.15, -0.1) is 0 Å². The maximum absolute atomic E-state index is 13.2. The molecule has 17 heavy (non-hydrogen) atoms. The van der Waals surface area contributed by atoms with Gasteiger partial charge in [-0.3, -0.25) is 20.2 Å². The number of hydrogen-bond acceptors (Lipinski definition) is 6. The zero-order valence-electron chi connectivity index (χ0n) is 7.82. The first-order valence-electron chi connectivity index (χ1n) is 3.86. The Hall–Kier alpha value is -2.85. The molecule has 0 unspecified atom stereocenters. The number of halogens is 1. The summed E-state index contributed by atoms with van der Waals surface area (Å²) in [4.78, 5) is 28.7. The molecule has 0 aliphatic heterocycles. The summed E-state index contributed by atoms with van der Waals surface area (Å²) in [5.41, 5.74) is -1.73. The highest BCUT2D eigenvalue weighted by molar-refractivity contribution is 5.65. The number of rotatable bonds is 4. The molecule has 90 valence electrons. The van der Waals surface area contributed by atoms with Crippen LogP contribution in [0, 0.1) is 36.2 Å². The fourth-order valence-corrected chi connectivity index (χ4v) is 1.03. The van der Waals surface area contributed by atoms with Crippen LogP contribution >= 0.6 is 0 Å². The van der Waals surface area contributed by atoms with Gasteiger partial charge < -0.3 is 0 Å². The SMILES string of the molecule is O=[N+]([O-])Nc1c(F)cc([N+](=O)[O-])cc1[N+](=O)[O-]. The molecular weight excluding hydrogens is 243 g/mol. The quantitative estimate of drug-likeness (QED) is 0.621. The predicted octanol–water partition coefficient (Wildman–Crippen LogP) is 1.25. The lowest BCUT2D eigenvalue weighted by molar-refractivity contribution is -0.447. The minimum atomic E-state index is -1.46. The largest absolute Gasteiger partial charge is 0.308 e. The van der Waals surface area contributed by atoms with E-state index >= 15 is 0 Å². The van der Waals surface area contributed by atoms with E-state index in [0.29, 0.717) is 12.1 Å². The molecule has 0 atom stereocenters. The van der Waals surface area contributed by atoms with Crippen LogP contribution < -0.4 is 5.43 Å². The average Bonchev–Trinajstić information content (AvgIpc) is 2.19. The molecule has 1 N–H and O–H groups in total. The van der Waals surface area contributed by atoms with Gasteiger partial charge in [0.05, 0.1) is 22.0 Å². The van der Waals surface area contributed by atoms with Crippen molar-refractivity contribution in [1.29, 1.82) is 0 Å². The van der Waals surface area contributed by atoms with Crippen molar-refractivity contribution in [2.24, 2.45) is 0 Å². The maximum atomic E-state index is 13.2. The van der Waals surface area contributed by atoms with Crippen molar-refractivity contribution in [1.82, 2.24) is 0 Å². The number of hydrogen-bond donors (Lipinski definition) is 1. The van der Waals surface area contributed by atoms with E-state index in [1.54, 1.807) is 0 Å². The van der Waals surface area contributed by atoms with Crippen molar-refractivity contribution in [3.05, 3.63) is 48.3 Å². The monoisotopic (exact) mass is 246 g/mol. The van der Waals surface area contributed by atoms with Crippen molar-refractivity contribution in [3.63, 3.8) is 0 Å². The van der Waals surface area contributed by atoms with Crippen LogP contribution in [-0.4, -0.2) is 14.9 Å². The normalized spacial score (nSPS) is 9.71. The van der Waals surface area contributed by atoms with Crippen LogP contribution in [-0.2, 0) is 0 Å². The molecule has 0 amide bonds. The molecule has 0 saturated heterocycles. The first kappa shape index (κ1) is 12.2. The Kier molecular flexibility index (Phi) is 3.12. The Balaban J connectivity index is 3.43. The average molecular weight is 246 g/mol. The number of nitro groups is 3. The zero-order chi connectivity index (χ0) is 13.2. The second kappa shape index (κ2) is 4.34. The highest BCUT2D eigenvalue weighted by Crippen LogP contribution is 2.31. The highest BCUT2D eigenvalue weighted by atomic mass is 19.1. The van der Waals surface area contributed by atoms with E-state index in [1.807, 2.05) is 0 Å². The van der Waals surface area contributed by atoms with Gasteiger partial charge in [0.1, 0.15) is 0 Å². The lowest BCUT2D eigenvalue weighted by Crippen LogP contribution is -2.11. The third-order valence-electron chi connectivity index (χ3n) is 1.66. The summed E-state index contributed by atoms with van der Waals surface area (Å²) < 4.78 is 13.2. The van der Waals surface area contributed by atoms with Crippen LogP contribution in [0.5, 0.6) is 0 Å². The van der Waals surface area contributed by atoms with Gasteiger partial charge in [-0.25, -0.2) is 14.5 Å². The number of nitrogens with one attached hydrogen (secondary N) is 1. The second-order valence-corrected chi connectivity index (χ2v) is 2.70. The van der Waals surface area contributed by atoms with Gasteiger partial charge in [0.15, 0.2) is 10.8 Å². The van der Waals surface area contributed by atoms with Gasteiger partial charge in [-0.1, -0.05) is 5.43 Å². The topological polar surface area (TPSA) is 141 Å². The van der Waals surface area contributed by atoms with Crippen molar-refractivity contribution >= 4 is 17.1 Å². The molecule has 10 nitrogen and oxygen atoms in total. The second-order valence-electron chi connectivity index (χ2n) is 2.70. The van der Waals surface area contributed by atoms with Gasteiger partial charge in [0.2, 0.25) is 5.69 Å². The predicted molar refractivity (Wildman–Crippen MR) is 50.3 cm³/mol. The summed E-state index contributed by atoms with van der Waals surface area (Å²) in [6.45, 7) is 0. The standard InChI is InChI=1S/C6H3FN4O6/c7-4-1-3(9(12)13)2-5(10(14)15)6(4)8-11(16)17/h1-2,8H. The Bertz CT molecular complexity index is 517. The summed E-state index contributed by atoms with van der Waals surface area (Å²) in [7, 11) is 0. The molecular formula is C6H3FN4O6. The van der Waals surface area contributed by atoms with Gasteiger partial charge >= 0.3 is 5.69 Å². The summed E-state index contributed by atoms with van der Waals surface area (Å²) in [5, 5.41) is 29.7. The molecule has 1 aromatic rings. The Morgan fingerprint density at radius 1 is 1.06 bits per heavy atom. The molecule has 0 radical (unpaired) electrons. The van der Waals surface area contributed by atoms with Gasteiger partial charge in [0.25, 0.3) is 5.69 Å². The van der Waals surface area contributed by atoms with Crippen LogP contribution in [0.1, 0.15) is 0 Å². The van der Waals surface area contributed by atoms with Crippen LogP contribution in [0.15, 0.2) is 12.1 Å². The lowest BCUT2D eigenvalue weighted by Gasteiger charge is -2.01. The third-order valence-corrected chi connectivity index (χ3v) is 1.66. The Labute approximate surface area is 91.1 Å². The molecule has 0 heterocycles. The van der Waals surface area contributed by atoms with E-state index < -0.39 is 37.8 Å². The summed E-state index contributed by atoms with van der Waals surface area (Å²) in [5.74, 6) is -1.46. The van der Waals surface area contributed by atoms with Gasteiger partial charge in [-0.2, -0.15) is 0 Å². The number of benzene rings is 1. The van der Waals surface area contributed by atoms with E-state index in [2.05, 4.69) is 0 Å². The molecule has 0 spiro atoms. The maximum Gasteiger partial charge on any atom is 0.308 e. The van der Waals surface area contributed by atoms with Crippen LogP contribution in [0.4, 0.5) is 21.5 Å². The lowest BCUT2D eigenvalue weighted by atomic mass is 10.2. The van der Waals surface area contributed by atoms with Crippen molar-refractivity contribution in [2.75, 3.05) is 5.43 Å². The molecule has 1 aromatic carbocycles. The fourth-order valence-electron chi connectivity index (χ4n) is 1.03. The van der Waals surface area contributed by atoms with Gasteiger partial charge in [0, 0.05) is 0 Å². The number of nitrogens with zero attached hydrogens (tertiary/aromatic N) is 3. The van der Waals surface area contributed by atoms with E-state index in [0.717, 1.165) is 0 Å². The van der Waals surface area contributed by atoms with Crippen molar-refractivity contribution < 1.29 is 19.3 Å². The first-order chi connectivity index (χ1) is 7.82. The summed E-state index contributed by atoms with van der Waals surface area (Å²) in [6, 6.07) is 0.772. The van der Waals surface area contributed by atoms with Crippen LogP contribution in [0.3, 0.4) is 0 Å². The number of nitro benzene ring substituents is 2. The first-order valence-corrected chi connectivity index (χ1v) is 3.86. The molecule has 0 aliphatic carbocycles. The molecule has 11 heteroatoms. The fraction of sp³-hybridized carbons (Fsp3) is 0. The van der Waals surface area contributed by atoms with Crippen LogP contribution in [0.2, 0.25) is 0 Å². The van der Waals surface area contributed by atoms with E-state index in [-0.39, 0.29) is 0 Å². The minimum Gasteiger partial charge on any atom is -0.258 e. The molecule has 0 bridgehead atoms. The summed E-state index contributed by atoms with van der Waals surface area (Å²) >= 11 is 0. The number of anilines is 1. The molecule has 0 fully saturated rings. The molecule has 0 saturated carbocycles. The highest BCUT2D eigenvalue weighted by Gasteiger charge is 2.27. The van der Waals surface area contributed by atoms with Crippen LogP contribution in [0.25, 0.3) is 0 Å². The molecule has 0 aromatic heterocycles. The van der Waals surface area contributed by atoms with Crippen molar-refractivity contribution in [3.8, 4) is 0 Å². The number of hydrazine groups is 1. The van der Waals surface area contributed by atoms with Crippen molar-refractivity contribution in [2.45, 2.75) is 0 Å². The molecule has 0 aliphatic rings. The molecule has 1 rings (SSSR count). The number of non-ortho nitro benzene ring substituents is 1. The van der Waals surface area contributed by atoms with Gasteiger partial charge in [-0.05, 0) is 0 Å². The third kappa shape index (κ3) is 2.58. The van der Waals surface area contributed by atoms with E-state index in [9.17, 15) is 34.7 Å². The Morgan fingerprint density at radius 2 is 1.65 bits per heavy atom. The zero-order valence-corrected chi connectivity index (χ0v) is 7.82. The van der Waals surface area contributed by atoms with E-state index in [4.69, 9.17) is 0 Å².